The van der Waals surface area contributed by atoms with Crippen LogP contribution >= 0.6 is 15.9 Å². The Hall–Kier alpha value is -1.12. The summed E-state index contributed by atoms with van der Waals surface area (Å²) in [5.41, 5.74) is 11.8. The van der Waals surface area contributed by atoms with Crippen LogP contribution in [0.2, 0.25) is 0 Å². The van der Waals surface area contributed by atoms with E-state index in [0.29, 0.717) is 12.5 Å². The zero-order chi connectivity index (χ0) is 13.9. The van der Waals surface area contributed by atoms with E-state index >= 15 is 0 Å². The van der Waals surface area contributed by atoms with Gasteiger partial charge in [-0.25, -0.2) is 0 Å². The van der Waals surface area contributed by atoms with Crippen molar-refractivity contribution in [3.8, 4) is 0 Å². The number of rotatable bonds is 4. The van der Waals surface area contributed by atoms with E-state index in [0.717, 1.165) is 10.9 Å². The van der Waals surface area contributed by atoms with E-state index in [-0.39, 0.29) is 0 Å². The van der Waals surface area contributed by atoms with Crippen LogP contribution in [0.3, 0.4) is 0 Å². The maximum Gasteiger partial charge on any atom is 0.0175 e. The SMILES string of the molecule is NCC(Cc1ccc2c(c1)CCC2)c1ccc(Br)cc1. The van der Waals surface area contributed by atoms with Gasteiger partial charge < -0.3 is 5.73 Å². The Morgan fingerprint density at radius 2 is 1.75 bits per heavy atom. The van der Waals surface area contributed by atoms with Crippen LogP contribution in [0.4, 0.5) is 0 Å². The largest absolute Gasteiger partial charge is 0.330 e. The Morgan fingerprint density at radius 3 is 2.50 bits per heavy atom. The van der Waals surface area contributed by atoms with Gasteiger partial charge >= 0.3 is 0 Å². The molecule has 0 bridgehead atoms. The lowest BCUT2D eigenvalue weighted by atomic mass is 9.91. The van der Waals surface area contributed by atoms with Crippen LogP contribution in [-0.2, 0) is 19.3 Å². The van der Waals surface area contributed by atoms with Crippen molar-refractivity contribution in [1.29, 1.82) is 0 Å². The molecule has 0 aliphatic heterocycles. The summed E-state index contributed by atoms with van der Waals surface area (Å²) in [6.45, 7) is 0.693. The van der Waals surface area contributed by atoms with E-state index in [1.165, 1.54) is 30.4 Å². The highest BCUT2D eigenvalue weighted by molar-refractivity contribution is 9.10. The fourth-order valence-corrected chi connectivity index (χ4v) is 3.37. The fourth-order valence-electron chi connectivity index (χ4n) is 3.11. The van der Waals surface area contributed by atoms with Crippen molar-refractivity contribution in [3.05, 3.63) is 69.2 Å². The van der Waals surface area contributed by atoms with E-state index in [1.807, 2.05) is 0 Å². The van der Waals surface area contributed by atoms with Gasteiger partial charge in [0.25, 0.3) is 0 Å². The first kappa shape index (κ1) is 13.8. The highest BCUT2D eigenvalue weighted by Gasteiger charge is 2.14. The van der Waals surface area contributed by atoms with Gasteiger partial charge in [-0.2, -0.15) is 0 Å². The first-order valence-corrected chi connectivity index (χ1v) is 8.12. The fraction of sp³-hybridized carbons (Fsp3) is 0.333. The molecule has 0 saturated heterocycles. The summed E-state index contributed by atoms with van der Waals surface area (Å²) < 4.78 is 1.12. The quantitative estimate of drug-likeness (QED) is 0.892. The summed E-state index contributed by atoms with van der Waals surface area (Å²) in [5.74, 6) is 0.405. The van der Waals surface area contributed by atoms with E-state index in [2.05, 4.69) is 58.4 Å². The number of benzene rings is 2. The second kappa shape index (κ2) is 6.11. The number of hydrogen-bond acceptors (Lipinski definition) is 1. The van der Waals surface area contributed by atoms with Crippen molar-refractivity contribution in [3.63, 3.8) is 0 Å². The zero-order valence-corrected chi connectivity index (χ0v) is 13.2. The predicted octanol–water partition coefficient (Wildman–Crippen LogP) is 4.22. The van der Waals surface area contributed by atoms with Gasteiger partial charge in [0.05, 0.1) is 0 Å². The molecule has 0 fully saturated rings. The number of halogens is 1. The van der Waals surface area contributed by atoms with Crippen LogP contribution in [0.25, 0.3) is 0 Å². The molecule has 2 aromatic rings. The average Bonchev–Trinajstić information content (AvgIpc) is 2.93. The van der Waals surface area contributed by atoms with Crippen molar-refractivity contribution in [2.45, 2.75) is 31.6 Å². The molecule has 0 heterocycles. The molecule has 3 rings (SSSR count). The molecule has 1 nitrogen and oxygen atoms in total. The molecule has 1 atom stereocenters. The molecule has 0 spiro atoms. The number of nitrogens with two attached hydrogens (primary N) is 1. The van der Waals surface area contributed by atoms with Crippen molar-refractivity contribution < 1.29 is 0 Å². The van der Waals surface area contributed by atoms with Crippen LogP contribution < -0.4 is 5.73 Å². The Kier molecular flexibility index (Phi) is 4.23. The molecule has 1 aliphatic rings. The minimum Gasteiger partial charge on any atom is -0.330 e. The summed E-state index contributed by atoms with van der Waals surface area (Å²) in [7, 11) is 0. The number of fused-ring (bicyclic) bond motifs is 1. The topological polar surface area (TPSA) is 26.0 Å². The summed E-state index contributed by atoms with van der Waals surface area (Å²) in [5, 5.41) is 0. The molecule has 2 aromatic carbocycles. The lowest BCUT2D eigenvalue weighted by Crippen LogP contribution is -2.15. The van der Waals surface area contributed by atoms with Gasteiger partial charge in [0.15, 0.2) is 0 Å². The van der Waals surface area contributed by atoms with Crippen molar-refractivity contribution in [2.75, 3.05) is 6.54 Å². The average molecular weight is 330 g/mol. The monoisotopic (exact) mass is 329 g/mol. The minimum atomic E-state index is 0.405. The van der Waals surface area contributed by atoms with Crippen molar-refractivity contribution >= 4 is 15.9 Å². The van der Waals surface area contributed by atoms with Gasteiger partial charge in [-0.15, -0.1) is 0 Å². The van der Waals surface area contributed by atoms with Crippen LogP contribution in [0.5, 0.6) is 0 Å². The first-order valence-electron chi connectivity index (χ1n) is 7.32. The van der Waals surface area contributed by atoms with Gasteiger partial charge in [0.2, 0.25) is 0 Å². The maximum atomic E-state index is 5.99. The van der Waals surface area contributed by atoms with E-state index in [1.54, 1.807) is 11.1 Å². The van der Waals surface area contributed by atoms with Gasteiger partial charge in [-0.3, -0.25) is 0 Å². The summed E-state index contributed by atoms with van der Waals surface area (Å²) >= 11 is 3.49. The number of aryl methyl sites for hydroxylation is 2. The zero-order valence-electron chi connectivity index (χ0n) is 11.6. The van der Waals surface area contributed by atoms with E-state index in [9.17, 15) is 0 Å². The smallest absolute Gasteiger partial charge is 0.0175 e. The standard InChI is InChI=1S/C18H20BrN/c19-18-8-6-15(7-9-18)17(12-20)11-13-4-5-14-2-1-3-16(14)10-13/h4-10,17H,1-3,11-12,20H2. The lowest BCUT2D eigenvalue weighted by molar-refractivity contribution is 0.694. The van der Waals surface area contributed by atoms with Crippen molar-refractivity contribution in [1.82, 2.24) is 0 Å². The Bertz CT molecular complexity index is 589. The van der Waals surface area contributed by atoms with Crippen LogP contribution in [0, 0.1) is 0 Å². The molecular formula is C18H20BrN. The molecular weight excluding hydrogens is 310 g/mol. The molecule has 2 N–H and O–H groups in total. The Labute approximate surface area is 129 Å². The Balaban J connectivity index is 1.79. The molecule has 1 aliphatic carbocycles. The third-order valence-electron chi connectivity index (χ3n) is 4.27. The van der Waals surface area contributed by atoms with Gasteiger partial charge in [-0.05, 0) is 66.6 Å². The van der Waals surface area contributed by atoms with Gasteiger partial charge in [0.1, 0.15) is 0 Å². The summed E-state index contributed by atoms with van der Waals surface area (Å²) in [6, 6.07) is 15.5. The highest BCUT2D eigenvalue weighted by Crippen LogP contribution is 2.26. The summed E-state index contributed by atoms with van der Waals surface area (Å²) in [4.78, 5) is 0. The van der Waals surface area contributed by atoms with Crippen LogP contribution in [0.1, 0.15) is 34.6 Å². The summed E-state index contributed by atoms with van der Waals surface area (Å²) in [6.07, 6.45) is 4.84. The third kappa shape index (κ3) is 2.97. The second-order valence-electron chi connectivity index (χ2n) is 5.64. The molecule has 1 unspecified atom stereocenters. The normalized spacial score (nSPS) is 15.1. The highest BCUT2D eigenvalue weighted by atomic mass is 79.9. The maximum absolute atomic E-state index is 5.99. The molecule has 20 heavy (non-hydrogen) atoms. The Morgan fingerprint density at radius 1 is 1.00 bits per heavy atom. The third-order valence-corrected chi connectivity index (χ3v) is 4.80. The minimum absolute atomic E-state index is 0.405. The van der Waals surface area contributed by atoms with Gasteiger partial charge in [0, 0.05) is 10.4 Å². The van der Waals surface area contributed by atoms with Crippen LogP contribution in [0.15, 0.2) is 46.9 Å². The lowest BCUT2D eigenvalue weighted by Gasteiger charge is -2.16. The van der Waals surface area contributed by atoms with E-state index in [4.69, 9.17) is 5.73 Å². The molecule has 0 amide bonds. The first-order chi connectivity index (χ1) is 9.76. The molecule has 0 radical (unpaired) electrons. The molecule has 0 aromatic heterocycles. The number of hydrogen-bond donors (Lipinski definition) is 1. The second-order valence-corrected chi connectivity index (χ2v) is 6.56. The molecule has 2 heteroatoms. The predicted molar refractivity (Wildman–Crippen MR) is 88.1 cm³/mol. The molecule has 104 valence electrons. The van der Waals surface area contributed by atoms with Crippen LogP contribution in [-0.4, -0.2) is 6.54 Å². The van der Waals surface area contributed by atoms with Gasteiger partial charge in [-0.1, -0.05) is 46.3 Å². The van der Waals surface area contributed by atoms with E-state index < -0.39 is 0 Å². The van der Waals surface area contributed by atoms with Crippen molar-refractivity contribution in [2.24, 2.45) is 5.73 Å². The molecule has 0 saturated carbocycles.